The van der Waals surface area contributed by atoms with Crippen molar-refractivity contribution in [3.05, 3.63) is 12.3 Å². The van der Waals surface area contributed by atoms with Crippen LogP contribution in [0.4, 0.5) is 0 Å². The monoisotopic (exact) mass is 144 g/mol. The number of esters is 1. The maximum Gasteiger partial charge on any atom is 0.372 e. The predicted octanol–water partition coefficient (Wildman–Crippen LogP) is 1.26. The molecule has 0 bridgehead atoms. The van der Waals surface area contributed by atoms with E-state index >= 15 is 0 Å². The topological polar surface area (TPSA) is 46.5 Å². The Morgan fingerprint density at radius 1 is 1.70 bits per heavy atom. The number of aliphatic hydroxyl groups excluding tert-OH is 1. The first-order valence-electron chi connectivity index (χ1n) is 3.09. The second kappa shape index (κ2) is 3.93. The normalized spacial score (nSPS) is 9.50. The van der Waals surface area contributed by atoms with Crippen LogP contribution in [-0.2, 0) is 9.53 Å². The molecule has 0 saturated heterocycles. The van der Waals surface area contributed by atoms with Crippen LogP contribution in [0.1, 0.15) is 13.8 Å². The number of hydrogen-bond donors (Lipinski definition) is 1. The fraction of sp³-hybridized carbons (Fsp3) is 0.571. The van der Waals surface area contributed by atoms with Gasteiger partial charge in [0.25, 0.3) is 0 Å². The van der Waals surface area contributed by atoms with Gasteiger partial charge in [-0.3, -0.25) is 0 Å². The zero-order valence-electron chi connectivity index (χ0n) is 6.26. The predicted molar refractivity (Wildman–Crippen MR) is 37.6 cm³/mol. The van der Waals surface area contributed by atoms with Crippen molar-refractivity contribution < 1.29 is 14.6 Å². The summed E-state index contributed by atoms with van der Waals surface area (Å²) in [4.78, 5) is 10.5. The van der Waals surface area contributed by atoms with Crippen molar-refractivity contribution >= 4 is 5.97 Å². The van der Waals surface area contributed by atoms with Crippen molar-refractivity contribution in [1.29, 1.82) is 0 Å². The summed E-state index contributed by atoms with van der Waals surface area (Å²) in [6.45, 7) is 7.15. The van der Waals surface area contributed by atoms with Gasteiger partial charge in [0.1, 0.15) is 0 Å². The lowest BCUT2D eigenvalue weighted by Gasteiger charge is -2.04. The Labute approximate surface area is 60.3 Å². The lowest BCUT2D eigenvalue weighted by Crippen LogP contribution is -2.10. The van der Waals surface area contributed by atoms with E-state index in [0.29, 0.717) is 6.61 Å². The van der Waals surface area contributed by atoms with Gasteiger partial charge in [0.15, 0.2) is 5.76 Å². The van der Waals surface area contributed by atoms with Crippen molar-refractivity contribution in [2.45, 2.75) is 13.8 Å². The van der Waals surface area contributed by atoms with Crippen LogP contribution in [0.3, 0.4) is 0 Å². The number of carbonyl (C=O) groups excluding carboxylic acids is 1. The fourth-order valence-corrected chi connectivity index (χ4v) is 0.326. The van der Waals surface area contributed by atoms with Crippen molar-refractivity contribution in [3.63, 3.8) is 0 Å². The highest BCUT2D eigenvalue weighted by Gasteiger charge is 2.05. The molecular weight excluding hydrogens is 132 g/mol. The molecule has 0 spiro atoms. The molecule has 0 atom stereocenters. The van der Waals surface area contributed by atoms with Crippen LogP contribution in [0.2, 0.25) is 0 Å². The minimum Gasteiger partial charge on any atom is -0.502 e. The average molecular weight is 144 g/mol. The standard InChI is InChI=1S/C7H12O3/c1-5(2)4-10-7(9)6(3)8/h5,8H,3-4H2,1-2H3. The van der Waals surface area contributed by atoms with E-state index in [1.807, 2.05) is 13.8 Å². The summed E-state index contributed by atoms with van der Waals surface area (Å²) in [5, 5.41) is 8.46. The summed E-state index contributed by atoms with van der Waals surface area (Å²) in [7, 11) is 0. The molecule has 3 nitrogen and oxygen atoms in total. The van der Waals surface area contributed by atoms with Crippen LogP contribution in [0.15, 0.2) is 12.3 Å². The Bertz CT molecular complexity index is 138. The molecule has 0 unspecified atom stereocenters. The number of carbonyl (C=O) groups is 1. The lowest BCUT2D eigenvalue weighted by molar-refractivity contribution is -0.143. The molecule has 0 aromatic heterocycles. The zero-order valence-corrected chi connectivity index (χ0v) is 6.26. The van der Waals surface area contributed by atoms with Gasteiger partial charge >= 0.3 is 5.97 Å². The number of rotatable bonds is 3. The number of hydrogen-bond acceptors (Lipinski definition) is 3. The Balaban J connectivity index is 3.50. The molecule has 0 radical (unpaired) electrons. The summed E-state index contributed by atoms with van der Waals surface area (Å²) in [6, 6.07) is 0. The molecule has 0 fully saturated rings. The molecule has 58 valence electrons. The lowest BCUT2D eigenvalue weighted by atomic mass is 10.2. The van der Waals surface area contributed by atoms with Gasteiger partial charge < -0.3 is 9.84 Å². The van der Waals surface area contributed by atoms with Crippen LogP contribution in [0.5, 0.6) is 0 Å². The van der Waals surface area contributed by atoms with E-state index < -0.39 is 11.7 Å². The molecule has 0 saturated carbocycles. The third-order valence-corrected chi connectivity index (χ3v) is 0.783. The molecule has 0 aliphatic rings. The zero-order chi connectivity index (χ0) is 8.15. The number of aliphatic hydroxyl groups is 1. The highest BCUT2D eigenvalue weighted by atomic mass is 16.5. The van der Waals surface area contributed by atoms with Crippen molar-refractivity contribution in [2.75, 3.05) is 6.61 Å². The Morgan fingerprint density at radius 3 is 2.50 bits per heavy atom. The summed E-state index contributed by atoms with van der Waals surface area (Å²) in [5.41, 5.74) is 0. The van der Waals surface area contributed by atoms with Gasteiger partial charge in [-0.2, -0.15) is 0 Å². The maximum absolute atomic E-state index is 10.5. The molecule has 0 rings (SSSR count). The van der Waals surface area contributed by atoms with Crippen LogP contribution in [0.25, 0.3) is 0 Å². The van der Waals surface area contributed by atoms with Crippen LogP contribution >= 0.6 is 0 Å². The molecule has 0 aromatic carbocycles. The Morgan fingerprint density at radius 2 is 2.20 bits per heavy atom. The van der Waals surface area contributed by atoms with E-state index in [2.05, 4.69) is 11.3 Å². The molecule has 10 heavy (non-hydrogen) atoms. The van der Waals surface area contributed by atoms with Gasteiger partial charge in [0.2, 0.25) is 0 Å². The fourth-order valence-electron chi connectivity index (χ4n) is 0.326. The van der Waals surface area contributed by atoms with Crippen molar-refractivity contribution in [1.82, 2.24) is 0 Å². The summed E-state index contributed by atoms with van der Waals surface area (Å²) in [6.07, 6.45) is 0. The van der Waals surface area contributed by atoms with E-state index in [-0.39, 0.29) is 5.92 Å². The van der Waals surface area contributed by atoms with Crippen LogP contribution < -0.4 is 0 Å². The van der Waals surface area contributed by atoms with Gasteiger partial charge in [-0.25, -0.2) is 4.79 Å². The van der Waals surface area contributed by atoms with E-state index in [0.717, 1.165) is 0 Å². The quantitative estimate of drug-likeness (QED) is 0.368. The highest BCUT2D eigenvalue weighted by Crippen LogP contribution is 1.95. The molecule has 0 amide bonds. The van der Waals surface area contributed by atoms with E-state index in [1.54, 1.807) is 0 Å². The molecule has 0 aromatic rings. The van der Waals surface area contributed by atoms with E-state index in [1.165, 1.54) is 0 Å². The third-order valence-electron chi connectivity index (χ3n) is 0.783. The number of ether oxygens (including phenoxy) is 1. The van der Waals surface area contributed by atoms with E-state index in [9.17, 15) is 4.79 Å². The first kappa shape index (κ1) is 9.01. The first-order valence-corrected chi connectivity index (χ1v) is 3.09. The van der Waals surface area contributed by atoms with Crippen LogP contribution in [-0.4, -0.2) is 17.7 Å². The highest BCUT2D eigenvalue weighted by molar-refractivity contribution is 5.84. The van der Waals surface area contributed by atoms with Gasteiger partial charge in [-0.05, 0) is 12.5 Å². The van der Waals surface area contributed by atoms with Gasteiger partial charge in [0.05, 0.1) is 6.61 Å². The van der Waals surface area contributed by atoms with E-state index in [4.69, 9.17) is 5.11 Å². The molecule has 0 aliphatic heterocycles. The van der Waals surface area contributed by atoms with Crippen LogP contribution in [0, 0.1) is 5.92 Å². The molecule has 0 heterocycles. The summed E-state index contributed by atoms with van der Waals surface area (Å²) >= 11 is 0. The smallest absolute Gasteiger partial charge is 0.372 e. The summed E-state index contributed by atoms with van der Waals surface area (Å²) < 4.78 is 4.58. The minimum absolute atomic E-state index is 0.281. The second-order valence-corrected chi connectivity index (χ2v) is 2.44. The second-order valence-electron chi connectivity index (χ2n) is 2.44. The maximum atomic E-state index is 10.5. The van der Waals surface area contributed by atoms with Crippen molar-refractivity contribution in [3.8, 4) is 0 Å². The Kier molecular flexibility index (Phi) is 3.54. The largest absolute Gasteiger partial charge is 0.502 e. The van der Waals surface area contributed by atoms with Gasteiger partial charge in [-0.15, -0.1) is 0 Å². The SMILES string of the molecule is C=C(O)C(=O)OCC(C)C. The Hall–Kier alpha value is -0.990. The molecular formula is C7H12O3. The van der Waals surface area contributed by atoms with Crippen molar-refractivity contribution in [2.24, 2.45) is 5.92 Å². The molecule has 3 heteroatoms. The van der Waals surface area contributed by atoms with Gasteiger partial charge in [-0.1, -0.05) is 13.8 Å². The third kappa shape index (κ3) is 3.95. The minimum atomic E-state index is -0.742. The molecule has 0 aliphatic carbocycles. The average Bonchev–Trinajstić information content (AvgIpc) is 1.82. The molecule has 1 N–H and O–H groups in total. The van der Waals surface area contributed by atoms with Gasteiger partial charge in [0, 0.05) is 0 Å². The summed E-state index contributed by atoms with van der Waals surface area (Å²) in [5.74, 6) is -1.00. The first-order chi connectivity index (χ1) is 4.54.